The third-order valence-corrected chi connectivity index (χ3v) is 6.43. The fraction of sp³-hybridized carbons (Fsp3) is 0.500. The number of rotatable bonds is 8. The van der Waals surface area contributed by atoms with E-state index in [0.29, 0.717) is 5.56 Å². The predicted octanol–water partition coefficient (Wildman–Crippen LogP) is 1.02. The molecule has 1 fully saturated rings. The first-order valence-corrected chi connectivity index (χ1v) is 11.8. The quantitative estimate of drug-likeness (QED) is 0.346. The number of benzene rings is 1. The van der Waals surface area contributed by atoms with Crippen molar-refractivity contribution in [1.82, 2.24) is 9.21 Å². The Labute approximate surface area is 169 Å². The fourth-order valence-electron chi connectivity index (χ4n) is 2.71. The minimum atomic E-state index is -3.27. The van der Waals surface area contributed by atoms with Crippen molar-refractivity contribution in [3.63, 3.8) is 0 Å². The van der Waals surface area contributed by atoms with Crippen LogP contribution >= 0.6 is 11.8 Å². The van der Waals surface area contributed by atoms with Gasteiger partial charge in [-0.3, -0.25) is 14.4 Å². The van der Waals surface area contributed by atoms with Crippen LogP contribution in [0, 0.1) is 0 Å². The van der Waals surface area contributed by atoms with E-state index in [9.17, 15) is 22.8 Å². The van der Waals surface area contributed by atoms with Crippen LogP contribution < -0.4 is 0 Å². The maximum atomic E-state index is 12.1. The van der Waals surface area contributed by atoms with E-state index < -0.39 is 22.6 Å². The lowest BCUT2D eigenvalue weighted by atomic mass is 10.1. The number of esters is 1. The molecule has 1 aliphatic rings. The lowest BCUT2D eigenvalue weighted by molar-refractivity contribution is -0.152. The largest absolute Gasteiger partial charge is 0.456 e. The molecule has 0 aliphatic carbocycles. The van der Waals surface area contributed by atoms with Crippen LogP contribution in [0.5, 0.6) is 0 Å². The van der Waals surface area contributed by atoms with Gasteiger partial charge in [-0.05, 0) is 18.4 Å². The number of amides is 1. The van der Waals surface area contributed by atoms with E-state index in [-0.39, 0.29) is 50.7 Å². The molecule has 1 aromatic rings. The number of thioether (sulfide) groups is 1. The van der Waals surface area contributed by atoms with E-state index in [0.717, 1.165) is 11.2 Å². The van der Waals surface area contributed by atoms with Gasteiger partial charge in [-0.25, -0.2) is 8.42 Å². The zero-order chi connectivity index (χ0) is 20.7. The maximum Gasteiger partial charge on any atom is 0.306 e. The minimum Gasteiger partial charge on any atom is -0.456 e. The Morgan fingerprint density at radius 1 is 1.04 bits per heavy atom. The summed E-state index contributed by atoms with van der Waals surface area (Å²) in [5, 5.41) is 0. The Kier molecular flexibility index (Phi) is 8.02. The summed E-state index contributed by atoms with van der Waals surface area (Å²) in [5.74, 6) is -1.15. The molecule has 1 heterocycles. The summed E-state index contributed by atoms with van der Waals surface area (Å²) in [6.07, 6.45) is 2.99. The molecular weight excluding hydrogens is 404 g/mol. The number of sulfonamides is 1. The minimum absolute atomic E-state index is 0.0126. The van der Waals surface area contributed by atoms with Crippen LogP contribution in [0.25, 0.3) is 0 Å². The van der Waals surface area contributed by atoms with Gasteiger partial charge in [0.2, 0.25) is 10.0 Å². The predicted molar refractivity (Wildman–Crippen MR) is 106 cm³/mol. The van der Waals surface area contributed by atoms with Crippen LogP contribution in [0.15, 0.2) is 29.2 Å². The van der Waals surface area contributed by atoms with Crippen LogP contribution in [-0.2, 0) is 24.3 Å². The Balaban J connectivity index is 1.70. The van der Waals surface area contributed by atoms with Gasteiger partial charge >= 0.3 is 5.97 Å². The van der Waals surface area contributed by atoms with Gasteiger partial charge in [0.15, 0.2) is 12.4 Å². The number of carbonyl (C=O) groups excluding carboxylic acids is 3. The van der Waals surface area contributed by atoms with Gasteiger partial charge in [-0.1, -0.05) is 12.1 Å². The maximum absolute atomic E-state index is 12.1. The molecule has 1 amide bonds. The van der Waals surface area contributed by atoms with Crippen molar-refractivity contribution in [2.75, 3.05) is 45.3 Å². The molecule has 0 bridgehead atoms. The van der Waals surface area contributed by atoms with Crippen LogP contribution in [-0.4, -0.2) is 80.6 Å². The topological polar surface area (TPSA) is 101 Å². The molecule has 0 atom stereocenters. The molecule has 0 aromatic heterocycles. The normalized spacial score (nSPS) is 15.3. The second-order valence-corrected chi connectivity index (χ2v) is 9.22. The van der Waals surface area contributed by atoms with Gasteiger partial charge in [0.25, 0.3) is 5.91 Å². The number of ketones is 1. The average Bonchev–Trinajstić information content (AvgIpc) is 2.69. The second-order valence-electron chi connectivity index (χ2n) is 6.36. The first-order chi connectivity index (χ1) is 13.2. The third kappa shape index (κ3) is 6.61. The fourth-order valence-corrected chi connectivity index (χ4v) is 3.95. The molecule has 28 heavy (non-hydrogen) atoms. The molecule has 1 saturated heterocycles. The lowest BCUT2D eigenvalue weighted by Crippen LogP contribution is -2.51. The Morgan fingerprint density at radius 2 is 1.64 bits per heavy atom. The number of ether oxygens (including phenoxy) is 1. The van der Waals surface area contributed by atoms with Crippen molar-refractivity contribution >= 4 is 39.4 Å². The molecule has 10 heteroatoms. The van der Waals surface area contributed by atoms with Gasteiger partial charge in [-0.15, -0.1) is 11.8 Å². The standard InChI is InChI=1S/C18H24N2O6S2/c1-27-15-5-3-14(4-6-15)16(21)7-8-18(23)26-13-17(22)19-9-11-20(12-10-19)28(2,24)25/h3-6H,7-13H2,1-2H3. The molecule has 0 saturated carbocycles. The zero-order valence-corrected chi connectivity index (χ0v) is 17.6. The SMILES string of the molecule is CSc1ccc(C(=O)CCC(=O)OCC(=O)N2CCN(S(C)(=O)=O)CC2)cc1. The summed E-state index contributed by atoms with van der Waals surface area (Å²) in [5.41, 5.74) is 0.533. The monoisotopic (exact) mass is 428 g/mol. The highest BCUT2D eigenvalue weighted by molar-refractivity contribution is 7.98. The summed E-state index contributed by atoms with van der Waals surface area (Å²) in [6, 6.07) is 7.13. The van der Waals surface area contributed by atoms with E-state index in [1.165, 1.54) is 9.21 Å². The summed E-state index contributed by atoms with van der Waals surface area (Å²) in [4.78, 5) is 38.5. The first-order valence-electron chi connectivity index (χ1n) is 8.76. The molecule has 0 radical (unpaired) electrons. The highest BCUT2D eigenvalue weighted by Crippen LogP contribution is 2.16. The number of piperazine rings is 1. The van der Waals surface area contributed by atoms with Gasteiger partial charge in [0, 0.05) is 43.1 Å². The van der Waals surface area contributed by atoms with Crippen molar-refractivity contribution in [2.24, 2.45) is 0 Å². The number of nitrogens with zero attached hydrogens (tertiary/aromatic N) is 2. The summed E-state index contributed by atoms with van der Waals surface area (Å²) in [6.45, 7) is 0.557. The molecule has 0 N–H and O–H groups in total. The van der Waals surface area contributed by atoms with Gasteiger partial charge in [-0.2, -0.15) is 4.31 Å². The smallest absolute Gasteiger partial charge is 0.306 e. The average molecular weight is 429 g/mol. The molecular formula is C18H24N2O6S2. The van der Waals surface area contributed by atoms with Gasteiger partial charge in [0.05, 0.1) is 12.7 Å². The van der Waals surface area contributed by atoms with Crippen molar-refractivity contribution < 1.29 is 27.5 Å². The van der Waals surface area contributed by atoms with Crippen molar-refractivity contribution in [3.05, 3.63) is 29.8 Å². The summed E-state index contributed by atoms with van der Waals surface area (Å²) >= 11 is 1.58. The number of carbonyl (C=O) groups is 3. The molecule has 8 nitrogen and oxygen atoms in total. The Bertz CT molecular complexity index is 815. The van der Waals surface area contributed by atoms with Crippen molar-refractivity contribution in [1.29, 1.82) is 0 Å². The summed E-state index contributed by atoms with van der Waals surface area (Å²) < 4.78 is 29.2. The highest BCUT2D eigenvalue weighted by Gasteiger charge is 2.26. The van der Waals surface area contributed by atoms with E-state index in [1.807, 2.05) is 18.4 Å². The van der Waals surface area contributed by atoms with E-state index >= 15 is 0 Å². The van der Waals surface area contributed by atoms with Crippen LogP contribution in [0.4, 0.5) is 0 Å². The molecule has 0 spiro atoms. The second kappa shape index (κ2) is 10.0. The van der Waals surface area contributed by atoms with Gasteiger partial charge < -0.3 is 9.64 Å². The Hall–Kier alpha value is -1.91. The molecule has 1 aliphatic heterocycles. The number of Topliss-reactive ketones (excluding diaryl/α,β-unsaturated/α-hetero) is 1. The molecule has 154 valence electrons. The van der Waals surface area contributed by atoms with Crippen LogP contribution in [0.3, 0.4) is 0 Å². The molecule has 0 unspecified atom stereocenters. The highest BCUT2D eigenvalue weighted by atomic mass is 32.2. The number of hydrogen-bond donors (Lipinski definition) is 0. The van der Waals surface area contributed by atoms with E-state index in [1.54, 1.807) is 23.9 Å². The lowest BCUT2D eigenvalue weighted by Gasteiger charge is -2.33. The van der Waals surface area contributed by atoms with Crippen LogP contribution in [0.2, 0.25) is 0 Å². The third-order valence-electron chi connectivity index (χ3n) is 4.39. The van der Waals surface area contributed by atoms with Gasteiger partial charge in [0.1, 0.15) is 0 Å². The van der Waals surface area contributed by atoms with E-state index in [2.05, 4.69) is 0 Å². The first kappa shape index (κ1) is 22.4. The molecule has 1 aromatic carbocycles. The van der Waals surface area contributed by atoms with Crippen molar-refractivity contribution in [2.45, 2.75) is 17.7 Å². The zero-order valence-electron chi connectivity index (χ0n) is 15.9. The van der Waals surface area contributed by atoms with Crippen LogP contribution in [0.1, 0.15) is 23.2 Å². The summed E-state index contributed by atoms with van der Waals surface area (Å²) in [7, 11) is -3.27. The van der Waals surface area contributed by atoms with E-state index in [4.69, 9.17) is 4.74 Å². The molecule has 2 rings (SSSR count). The Morgan fingerprint density at radius 3 is 2.18 bits per heavy atom. The number of hydrogen-bond acceptors (Lipinski definition) is 7. The van der Waals surface area contributed by atoms with Crippen molar-refractivity contribution in [3.8, 4) is 0 Å².